The van der Waals surface area contributed by atoms with E-state index in [1.165, 1.54) is 12.7 Å². The van der Waals surface area contributed by atoms with Crippen LogP contribution in [0.15, 0.2) is 24.3 Å². The SMILES string of the molecule is COC(=O)CCCCc1ccc(C(O)C2CCC(CN)CC2)cc1. The highest BCUT2D eigenvalue weighted by molar-refractivity contribution is 5.68. The molecule has 0 spiro atoms. The van der Waals surface area contributed by atoms with Gasteiger partial charge in [-0.1, -0.05) is 24.3 Å². The first kappa shape index (κ1) is 18.9. The minimum atomic E-state index is -0.364. The van der Waals surface area contributed by atoms with E-state index in [0.29, 0.717) is 18.3 Å². The Morgan fingerprint density at radius 2 is 1.88 bits per heavy atom. The highest BCUT2D eigenvalue weighted by atomic mass is 16.5. The summed E-state index contributed by atoms with van der Waals surface area (Å²) in [4.78, 5) is 11.1. The third kappa shape index (κ3) is 5.60. The predicted molar refractivity (Wildman–Crippen MR) is 95.5 cm³/mol. The molecular weight excluding hydrogens is 302 g/mol. The molecule has 0 aliphatic heterocycles. The van der Waals surface area contributed by atoms with Crippen LogP contribution < -0.4 is 5.73 Å². The molecule has 0 saturated heterocycles. The Kier molecular flexibility index (Phi) is 7.73. The fourth-order valence-electron chi connectivity index (χ4n) is 3.59. The van der Waals surface area contributed by atoms with Crippen LogP contribution in [0.4, 0.5) is 0 Å². The number of unbranched alkanes of at least 4 members (excludes halogenated alkanes) is 1. The molecule has 24 heavy (non-hydrogen) atoms. The molecule has 1 unspecified atom stereocenters. The summed E-state index contributed by atoms with van der Waals surface area (Å²) < 4.78 is 4.64. The van der Waals surface area contributed by atoms with E-state index in [-0.39, 0.29) is 12.1 Å². The Hall–Kier alpha value is -1.39. The number of hydrogen-bond acceptors (Lipinski definition) is 4. The summed E-state index contributed by atoms with van der Waals surface area (Å²) in [5.74, 6) is 0.859. The molecule has 0 heterocycles. The zero-order valence-electron chi connectivity index (χ0n) is 14.7. The number of carbonyl (C=O) groups excluding carboxylic acids is 1. The lowest BCUT2D eigenvalue weighted by molar-refractivity contribution is -0.140. The molecular formula is C20H31NO3. The average molecular weight is 333 g/mol. The largest absolute Gasteiger partial charge is 0.469 e. The van der Waals surface area contributed by atoms with E-state index in [2.05, 4.69) is 29.0 Å². The predicted octanol–water partition coefficient (Wildman–Crippen LogP) is 3.37. The van der Waals surface area contributed by atoms with Crippen LogP contribution in [0.25, 0.3) is 0 Å². The molecule has 1 aromatic carbocycles. The highest BCUT2D eigenvalue weighted by Crippen LogP contribution is 2.36. The summed E-state index contributed by atoms with van der Waals surface area (Å²) >= 11 is 0. The van der Waals surface area contributed by atoms with Crippen LogP contribution in [0.3, 0.4) is 0 Å². The number of nitrogens with two attached hydrogens (primary N) is 1. The van der Waals surface area contributed by atoms with Crippen molar-refractivity contribution in [3.05, 3.63) is 35.4 Å². The number of ether oxygens (including phenoxy) is 1. The van der Waals surface area contributed by atoms with Gasteiger partial charge in [-0.15, -0.1) is 0 Å². The van der Waals surface area contributed by atoms with Gasteiger partial charge in [-0.05, 0) is 74.5 Å². The molecule has 1 aliphatic rings. The smallest absolute Gasteiger partial charge is 0.305 e. The monoisotopic (exact) mass is 333 g/mol. The molecule has 0 aromatic heterocycles. The van der Waals surface area contributed by atoms with E-state index in [1.807, 2.05) is 0 Å². The standard InChI is InChI=1S/C20H31NO3/c1-24-19(22)5-3-2-4-15-6-10-17(11-7-15)20(23)18-12-8-16(14-21)9-13-18/h6-7,10-11,16,18,20,23H,2-5,8-9,12-14,21H2,1H3. The molecule has 0 amide bonds. The van der Waals surface area contributed by atoms with Gasteiger partial charge in [0.05, 0.1) is 13.2 Å². The van der Waals surface area contributed by atoms with Gasteiger partial charge < -0.3 is 15.6 Å². The number of aliphatic hydroxyl groups is 1. The van der Waals surface area contributed by atoms with Crippen molar-refractivity contribution in [2.45, 2.75) is 57.5 Å². The van der Waals surface area contributed by atoms with Crippen molar-refractivity contribution < 1.29 is 14.6 Å². The molecule has 3 N–H and O–H groups in total. The molecule has 1 saturated carbocycles. The summed E-state index contributed by atoms with van der Waals surface area (Å²) in [6.07, 6.45) is 7.30. The third-order valence-electron chi connectivity index (χ3n) is 5.32. The number of hydrogen-bond donors (Lipinski definition) is 2. The highest BCUT2D eigenvalue weighted by Gasteiger charge is 2.26. The molecule has 4 heteroatoms. The number of rotatable bonds is 8. The molecule has 0 bridgehead atoms. The van der Waals surface area contributed by atoms with Gasteiger partial charge in [0.2, 0.25) is 0 Å². The summed E-state index contributed by atoms with van der Waals surface area (Å²) in [6, 6.07) is 8.30. The van der Waals surface area contributed by atoms with Crippen molar-refractivity contribution >= 4 is 5.97 Å². The van der Waals surface area contributed by atoms with Gasteiger partial charge in [0, 0.05) is 6.42 Å². The summed E-state index contributed by atoms with van der Waals surface area (Å²) in [6.45, 7) is 0.771. The van der Waals surface area contributed by atoms with E-state index < -0.39 is 0 Å². The summed E-state index contributed by atoms with van der Waals surface area (Å²) in [5, 5.41) is 10.6. The van der Waals surface area contributed by atoms with Gasteiger partial charge in [0.1, 0.15) is 0 Å². The topological polar surface area (TPSA) is 72.5 Å². The van der Waals surface area contributed by atoms with Crippen LogP contribution in [-0.2, 0) is 16.0 Å². The Balaban J connectivity index is 1.77. The lowest BCUT2D eigenvalue weighted by Crippen LogP contribution is -2.24. The molecule has 0 radical (unpaired) electrons. The minimum Gasteiger partial charge on any atom is -0.469 e. The zero-order chi connectivity index (χ0) is 17.4. The molecule has 1 aliphatic carbocycles. The second kappa shape index (κ2) is 9.80. The van der Waals surface area contributed by atoms with Gasteiger partial charge >= 0.3 is 5.97 Å². The molecule has 134 valence electrons. The molecule has 1 aromatic rings. The fourth-order valence-corrected chi connectivity index (χ4v) is 3.59. The first-order valence-electron chi connectivity index (χ1n) is 9.17. The number of esters is 1. The lowest BCUT2D eigenvalue weighted by Gasteiger charge is -2.31. The van der Waals surface area contributed by atoms with Gasteiger partial charge in [-0.2, -0.15) is 0 Å². The maximum Gasteiger partial charge on any atom is 0.305 e. The van der Waals surface area contributed by atoms with Crippen LogP contribution >= 0.6 is 0 Å². The van der Waals surface area contributed by atoms with Crippen LogP contribution in [0.1, 0.15) is 62.2 Å². The van der Waals surface area contributed by atoms with Crippen molar-refractivity contribution in [1.82, 2.24) is 0 Å². The van der Waals surface area contributed by atoms with Gasteiger partial charge in [-0.25, -0.2) is 0 Å². The molecule has 4 nitrogen and oxygen atoms in total. The lowest BCUT2D eigenvalue weighted by atomic mass is 9.78. The van der Waals surface area contributed by atoms with Crippen LogP contribution in [-0.4, -0.2) is 24.7 Å². The second-order valence-corrected chi connectivity index (χ2v) is 6.99. The van der Waals surface area contributed by atoms with Crippen LogP contribution in [0.5, 0.6) is 0 Å². The summed E-state index contributed by atoms with van der Waals surface area (Å²) in [7, 11) is 1.43. The maximum atomic E-state index is 11.1. The van der Waals surface area contributed by atoms with Gasteiger partial charge in [0.15, 0.2) is 0 Å². The fraction of sp³-hybridized carbons (Fsp3) is 0.650. The van der Waals surface area contributed by atoms with Crippen molar-refractivity contribution in [3.8, 4) is 0 Å². The van der Waals surface area contributed by atoms with E-state index in [1.54, 1.807) is 0 Å². The van der Waals surface area contributed by atoms with Crippen molar-refractivity contribution in [2.75, 3.05) is 13.7 Å². The summed E-state index contributed by atoms with van der Waals surface area (Å²) in [5.41, 5.74) is 8.01. The van der Waals surface area contributed by atoms with E-state index >= 15 is 0 Å². The number of aliphatic hydroxyl groups excluding tert-OH is 1. The number of methoxy groups -OCH3 is 1. The molecule has 1 fully saturated rings. The minimum absolute atomic E-state index is 0.141. The average Bonchev–Trinajstić information content (AvgIpc) is 2.65. The number of aryl methyl sites for hydroxylation is 1. The van der Waals surface area contributed by atoms with Crippen LogP contribution in [0, 0.1) is 11.8 Å². The Morgan fingerprint density at radius 3 is 2.46 bits per heavy atom. The quantitative estimate of drug-likeness (QED) is 0.565. The van der Waals surface area contributed by atoms with E-state index in [4.69, 9.17) is 5.73 Å². The van der Waals surface area contributed by atoms with Gasteiger partial charge in [-0.3, -0.25) is 4.79 Å². The van der Waals surface area contributed by atoms with Crippen molar-refractivity contribution in [2.24, 2.45) is 17.6 Å². The third-order valence-corrected chi connectivity index (χ3v) is 5.32. The van der Waals surface area contributed by atoms with Crippen molar-refractivity contribution in [3.63, 3.8) is 0 Å². The number of benzene rings is 1. The molecule has 2 rings (SSSR count). The zero-order valence-corrected chi connectivity index (χ0v) is 14.7. The Bertz CT molecular complexity index is 492. The van der Waals surface area contributed by atoms with Crippen molar-refractivity contribution in [1.29, 1.82) is 0 Å². The molecule has 1 atom stereocenters. The Labute approximate surface area is 145 Å². The van der Waals surface area contributed by atoms with E-state index in [9.17, 15) is 9.90 Å². The maximum absolute atomic E-state index is 11.1. The Morgan fingerprint density at radius 1 is 1.21 bits per heavy atom. The first-order chi connectivity index (χ1) is 11.6. The van der Waals surface area contributed by atoms with Gasteiger partial charge in [0.25, 0.3) is 0 Å². The normalized spacial score (nSPS) is 22.1. The van der Waals surface area contributed by atoms with E-state index in [0.717, 1.165) is 57.1 Å². The number of carbonyl (C=O) groups is 1. The first-order valence-corrected chi connectivity index (χ1v) is 9.17. The second-order valence-electron chi connectivity index (χ2n) is 6.99. The van der Waals surface area contributed by atoms with Crippen LogP contribution in [0.2, 0.25) is 0 Å².